The minimum absolute atomic E-state index is 0.0657. The van der Waals surface area contributed by atoms with E-state index in [1.54, 1.807) is 11.0 Å². The number of benzene rings is 2. The second-order valence-corrected chi connectivity index (χ2v) is 11.4. The van der Waals surface area contributed by atoms with Gasteiger partial charge in [0.1, 0.15) is 5.75 Å². The molecule has 0 N–H and O–H groups in total. The van der Waals surface area contributed by atoms with E-state index in [1.165, 1.54) is 25.7 Å². The molecule has 2 fully saturated rings. The molecule has 1 unspecified atom stereocenters. The summed E-state index contributed by atoms with van der Waals surface area (Å²) in [5.74, 6) is 0.892. The second kappa shape index (κ2) is 12.8. The van der Waals surface area contributed by atoms with Crippen molar-refractivity contribution in [3.8, 4) is 5.75 Å². The third-order valence-electron chi connectivity index (χ3n) is 7.90. The van der Waals surface area contributed by atoms with E-state index < -0.39 is 5.41 Å². The van der Waals surface area contributed by atoms with E-state index in [1.807, 2.05) is 60.5 Å². The lowest BCUT2D eigenvalue weighted by Crippen LogP contribution is -2.53. The van der Waals surface area contributed by atoms with Gasteiger partial charge in [0.2, 0.25) is 11.8 Å². The molecule has 4 rings (SSSR count). The quantitative estimate of drug-likeness (QED) is 0.425. The van der Waals surface area contributed by atoms with Crippen molar-refractivity contribution in [3.63, 3.8) is 0 Å². The van der Waals surface area contributed by atoms with Gasteiger partial charge in [-0.25, -0.2) is 0 Å². The molecule has 37 heavy (non-hydrogen) atoms. The van der Waals surface area contributed by atoms with Gasteiger partial charge >= 0.3 is 0 Å². The Bertz CT molecular complexity index is 1040. The first-order valence-corrected chi connectivity index (χ1v) is 13.9. The molecule has 0 spiro atoms. The molecule has 2 aromatic rings. The van der Waals surface area contributed by atoms with Crippen LogP contribution < -0.4 is 4.74 Å². The molecular formula is C30H40ClN3O3. The number of piperidine rings is 1. The summed E-state index contributed by atoms with van der Waals surface area (Å²) in [5.41, 5.74) is 0.641. The van der Waals surface area contributed by atoms with Crippen LogP contribution in [0.25, 0.3) is 0 Å². The predicted octanol–water partition coefficient (Wildman–Crippen LogP) is 5.25. The number of likely N-dealkylation sites (tertiary alicyclic amines) is 1. The van der Waals surface area contributed by atoms with E-state index >= 15 is 0 Å². The van der Waals surface area contributed by atoms with Crippen LogP contribution in [0.15, 0.2) is 54.6 Å². The molecule has 7 heteroatoms. The highest BCUT2D eigenvalue weighted by Gasteiger charge is 2.41. The molecule has 2 amide bonds. The van der Waals surface area contributed by atoms with Gasteiger partial charge in [-0.2, -0.15) is 0 Å². The zero-order valence-electron chi connectivity index (χ0n) is 22.2. The molecule has 6 nitrogen and oxygen atoms in total. The Morgan fingerprint density at radius 1 is 1.05 bits per heavy atom. The average Bonchev–Trinajstić information content (AvgIpc) is 3.44. The molecule has 0 aromatic heterocycles. The van der Waals surface area contributed by atoms with E-state index in [9.17, 15) is 9.59 Å². The summed E-state index contributed by atoms with van der Waals surface area (Å²) in [5, 5.41) is 0.612. The first kappa shape index (κ1) is 27.5. The third kappa shape index (κ3) is 7.71. The summed E-state index contributed by atoms with van der Waals surface area (Å²) in [6.07, 6.45) is 6.85. The van der Waals surface area contributed by atoms with Gasteiger partial charge in [0.15, 0.2) is 0 Å². The number of hydrogen-bond donors (Lipinski definition) is 0. The van der Waals surface area contributed by atoms with Gasteiger partial charge < -0.3 is 14.5 Å². The lowest BCUT2D eigenvalue weighted by Gasteiger charge is -2.43. The van der Waals surface area contributed by atoms with Crippen LogP contribution in [-0.4, -0.2) is 72.9 Å². The Hall–Kier alpha value is -2.57. The van der Waals surface area contributed by atoms with Crippen LogP contribution in [0.2, 0.25) is 5.02 Å². The Morgan fingerprint density at radius 3 is 2.54 bits per heavy atom. The van der Waals surface area contributed by atoms with Gasteiger partial charge in [-0.3, -0.25) is 14.5 Å². The summed E-state index contributed by atoms with van der Waals surface area (Å²) in [6.45, 7) is 2.60. The first-order chi connectivity index (χ1) is 17.8. The molecule has 0 bridgehead atoms. The van der Waals surface area contributed by atoms with Gasteiger partial charge in [0.25, 0.3) is 0 Å². The van der Waals surface area contributed by atoms with Crippen molar-refractivity contribution in [2.45, 2.75) is 57.5 Å². The largest absolute Gasteiger partial charge is 0.493 e. The molecule has 1 aliphatic heterocycles. The molecule has 1 saturated carbocycles. The highest BCUT2D eigenvalue weighted by molar-refractivity contribution is 6.30. The van der Waals surface area contributed by atoms with Crippen molar-refractivity contribution < 1.29 is 14.3 Å². The van der Waals surface area contributed by atoms with Gasteiger partial charge in [0, 0.05) is 49.6 Å². The molecule has 1 saturated heterocycles. The molecule has 200 valence electrons. The Balaban J connectivity index is 1.46. The van der Waals surface area contributed by atoms with E-state index in [4.69, 9.17) is 16.3 Å². The average molecular weight is 526 g/mol. The topological polar surface area (TPSA) is 53.1 Å². The van der Waals surface area contributed by atoms with Crippen LogP contribution >= 0.6 is 11.6 Å². The Morgan fingerprint density at radius 2 is 1.81 bits per heavy atom. The Labute approximate surface area is 226 Å². The second-order valence-electron chi connectivity index (χ2n) is 10.9. The normalized spacial score (nSPS) is 20.3. The third-order valence-corrected chi connectivity index (χ3v) is 8.14. The highest BCUT2D eigenvalue weighted by Crippen LogP contribution is 2.36. The molecule has 2 aromatic carbocycles. The summed E-state index contributed by atoms with van der Waals surface area (Å²) in [6, 6.07) is 17.9. The summed E-state index contributed by atoms with van der Waals surface area (Å²) >= 11 is 6.17. The number of amides is 2. The molecule has 2 aliphatic rings. The number of carbonyl (C=O) groups is 2. The lowest BCUT2D eigenvalue weighted by molar-refractivity contribution is -0.142. The number of likely N-dealkylation sites (N-methyl/N-ethyl adjacent to an activating group) is 1. The van der Waals surface area contributed by atoms with Crippen LogP contribution in [0.1, 0.15) is 50.5 Å². The lowest BCUT2D eigenvalue weighted by atomic mass is 9.77. The predicted molar refractivity (Wildman–Crippen MR) is 148 cm³/mol. The SMILES string of the molecule is CN(Cc1ccccc1)C(=O)CC1(COc2cccc(Cl)c2)CCCN(C(=O)CN(C)C2CCCC2)C1. The van der Waals surface area contributed by atoms with Crippen LogP contribution in [0.4, 0.5) is 0 Å². The van der Waals surface area contributed by atoms with E-state index in [2.05, 4.69) is 11.9 Å². The monoisotopic (exact) mass is 525 g/mol. The molecule has 0 radical (unpaired) electrons. The van der Waals surface area contributed by atoms with E-state index in [-0.39, 0.29) is 11.8 Å². The maximum atomic E-state index is 13.5. The van der Waals surface area contributed by atoms with Gasteiger partial charge in [-0.05, 0) is 56.5 Å². The van der Waals surface area contributed by atoms with Crippen molar-refractivity contribution in [2.75, 3.05) is 40.3 Å². The van der Waals surface area contributed by atoms with Crippen LogP contribution in [-0.2, 0) is 16.1 Å². The van der Waals surface area contributed by atoms with E-state index in [0.29, 0.717) is 49.5 Å². The zero-order chi connectivity index (χ0) is 26.3. The standard InChI is InChI=1S/C30H40ClN3O3/c1-32(26-13-6-7-14-26)21-29(36)34-17-9-16-30(22-34,23-37-27-15-8-12-25(31)18-27)19-28(35)33(2)20-24-10-4-3-5-11-24/h3-5,8,10-12,15,18,26H,6-7,9,13-14,16-17,19-23H2,1-2H3. The van der Waals surface area contributed by atoms with Crippen LogP contribution in [0, 0.1) is 5.41 Å². The fraction of sp³-hybridized carbons (Fsp3) is 0.533. The van der Waals surface area contributed by atoms with Gasteiger partial charge in [-0.15, -0.1) is 0 Å². The fourth-order valence-electron chi connectivity index (χ4n) is 5.72. The number of hydrogen-bond acceptors (Lipinski definition) is 4. The van der Waals surface area contributed by atoms with Crippen LogP contribution in [0.3, 0.4) is 0 Å². The maximum Gasteiger partial charge on any atom is 0.236 e. The Kier molecular flexibility index (Phi) is 9.49. The molecule has 1 atom stereocenters. The van der Waals surface area contributed by atoms with Gasteiger partial charge in [-0.1, -0.05) is 60.8 Å². The fourth-order valence-corrected chi connectivity index (χ4v) is 5.90. The number of ether oxygens (including phenoxy) is 1. The van der Waals surface area contributed by atoms with Crippen molar-refractivity contribution in [2.24, 2.45) is 5.41 Å². The van der Waals surface area contributed by atoms with E-state index in [0.717, 1.165) is 24.9 Å². The number of nitrogens with zero attached hydrogens (tertiary/aromatic N) is 3. The smallest absolute Gasteiger partial charge is 0.236 e. The first-order valence-electron chi connectivity index (χ1n) is 13.5. The summed E-state index contributed by atoms with van der Waals surface area (Å²) in [7, 11) is 3.92. The minimum Gasteiger partial charge on any atom is -0.493 e. The molecule has 1 heterocycles. The minimum atomic E-state index is -0.454. The number of rotatable bonds is 10. The molecular weight excluding hydrogens is 486 g/mol. The van der Waals surface area contributed by atoms with Crippen molar-refractivity contribution >= 4 is 23.4 Å². The van der Waals surface area contributed by atoms with Crippen molar-refractivity contribution in [1.82, 2.24) is 14.7 Å². The number of carbonyl (C=O) groups excluding carboxylic acids is 2. The van der Waals surface area contributed by atoms with Gasteiger partial charge in [0.05, 0.1) is 13.2 Å². The summed E-state index contributed by atoms with van der Waals surface area (Å²) < 4.78 is 6.22. The molecule has 1 aliphatic carbocycles. The maximum absolute atomic E-state index is 13.5. The van der Waals surface area contributed by atoms with Crippen molar-refractivity contribution in [1.29, 1.82) is 0 Å². The summed E-state index contributed by atoms with van der Waals surface area (Å²) in [4.78, 5) is 32.8. The van der Waals surface area contributed by atoms with Crippen molar-refractivity contribution in [3.05, 3.63) is 65.2 Å². The zero-order valence-corrected chi connectivity index (χ0v) is 23.0. The van der Waals surface area contributed by atoms with Crippen LogP contribution in [0.5, 0.6) is 5.75 Å². The highest BCUT2D eigenvalue weighted by atomic mass is 35.5. The number of halogens is 1.